The fraction of sp³-hybridized carbons (Fsp3) is 0.286. The molecule has 1 aliphatic rings. The van der Waals surface area contributed by atoms with Gasteiger partial charge in [-0.25, -0.2) is 4.79 Å². The first-order chi connectivity index (χ1) is 10.2. The maximum absolute atomic E-state index is 11.7. The van der Waals surface area contributed by atoms with E-state index in [0.717, 1.165) is 0 Å². The highest BCUT2D eigenvalue weighted by atomic mass is 16.6. The summed E-state index contributed by atoms with van der Waals surface area (Å²) in [4.78, 5) is 15.8. The van der Waals surface area contributed by atoms with Crippen molar-refractivity contribution in [1.29, 1.82) is 0 Å². The van der Waals surface area contributed by atoms with Gasteiger partial charge in [-0.15, -0.1) is 0 Å². The predicted molar refractivity (Wildman–Crippen MR) is 73.3 cm³/mol. The number of anilines is 1. The largest absolute Gasteiger partial charge is 0.486 e. The number of hydrogen-bond acceptors (Lipinski definition) is 7. The zero-order valence-electron chi connectivity index (χ0n) is 11.4. The Labute approximate surface area is 120 Å². The van der Waals surface area contributed by atoms with Crippen LogP contribution in [0.4, 0.5) is 5.88 Å². The molecule has 1 aromatic heterocycles. The van der Waals surface area contributed by atoms with Gasteiger partial charge in [-0.1, -0.05) is 0 Å². The van der Waals surface area contributed by atoms with Crippen molar-refractivity contribution < 1.29 is 23.4 Å². The van der Waals surface area contributed by atoms with Crippen molar-refractivity contribution in [2.24, 2.45) is 0 Å². The molecule has 0 radical (unpaired) electrons. The summed E-state index contributed by atoms with van der Waals surface area (Å²) >= 11 is 0. The summed E-state index contributed by atoms with van der Waals surface area (Å²) in [5, 5.41) is 0. The third-order valence-electron chi connectivity index (χ3n) is 2.91. The monoisotopic (exact) mass is 290 g/mol. The number of oxazole rings is 1. The minimum atomic E-state index is -0.609. The summed E-state index contributed by atoms with van der Waals surface area (Å²) in [5.41, 5.74) is 6.28. The molecule has 21 heavy (non-hydrogen) atoms. The highest BCUT2D eigenvalue weighted by Crippen LogP contribution is 2.35. The Kier molecular flexibility index (Phi) is 3.39. The van der Waals surface area contributed by atoms with Crippen molar-refractivity contribution in [3.8, 4) is 23.0 Å². The SMILES string of the molecule is CCOC(=O)c1nc(-c2ccc3c(c2)OCCO3)oc1N. The van der Waals surface area contributed by atoms with Crippen molar-refractivity contribution in [3.63, 3.8) is 0 Å². The summed E-state index contributed by atoms with van der Waals surface area (Å²) in [5.74, 6) is 0.816. The smallest absolute Gasteiger partial charge is 0.362 e. The van der Waals surface area contributed by atoms with Crippen LogP contribution in [0, 0.1) is 0 Å². The van der Waals surface area contributed by atoms with Crippen LogP contribution in [0.3, 0.4) is 0 Å². The van der Waals surface area contributed by atoms with E-state index in [1.807, 2.05) is 0 Å². The average molecular weight is 290 g/mol. The van der Waals surface area contributed by atoms with Crippen molar-refractivity contribution in [3.05, 3.63) is 23.9 Å². The van der Waals surface area contributed by atoms with E-state index in [1.165, 1.54) is 0 Å². The molecule has 0 amide bonds. The van der Waals surface area contributed by atoms with E-state index in [-0.39, 0.29) is 24.1 Å². The molecule has 0 bridgehead atoms. The second-order valence-corrected chi connectivity index (χ2v) is 4.31. The lowest BCUT2D eigenvalue weighted by Gasteiger charge is -2.18. The van der Waals surface area contributed by atoms with E-state index in [2.05, 4.69) is 4.98 Å². The number of benzene rings is 1. The highest BCUT2D eigenvalue weighted by Gasteiger charge is 2.21. The number of rotatable bonds is 3. The average Bonchev–Trinajstić information content (AvgIpc) is 2.89. The van der Waals surface area contributed by atoms with E-state index in [9.17, 15) is 4.79 Å². The molecule has 1 aromatic carbocycles. The molecule has 2 aromatic rings. The normalized spacial score (nSPS) is 13.0. The zero-order valence-corrected chi connectivity index (χ0v) is 11.4. The molecule has 0 fully saturated rings. The predicted octanol–water partition coefficient (Wildman–Crippen LogP) is 1.87. The Bertz CT molecular complexity index is 680. The molecule has 0 spiro atoms. The van der Waals surface area contributed by atoms with Gasteiger partial charge in [0, 0.05) is 5.56 Å². The number of carbonyl (C=O) groups excluding carboxylic acids is 1. The molecule has 0 unspecified atom stereocenters. The topological polar surface area (TPSA) is 96.8 Å². The van der Waals surface area contributed by atoms with Gasteiger partial charge in [0.1, 0.15) is 13.2 Å². The van der Waals surface area contributed by atoms with Gasteiger partial charge in [-0.05, 0) is 25.1 Å². The lowest BCUT2D eigenvalue weighted by Crippen LogP contribution is -2.15. The number of fused-ring (bicyclic) bond motifs is 1. The van der Waals surface area contributed by atoms with Crippen LogP contribution in [0.2, 0.25) is 0 Å². The lowest BCUT2D eigenvalue weighted by atomic mass is 10.2. The fourth-order valence-corrected chi connectivity index (χ4v) is 1.98. The highest BCUT2D eigenvalue weighted by molar-refractivity contribution is 5.92. The Balaban J connectivity index is 1.94. The zero-order chi connectivity index (χ0) is 14.8. The Morgan fingerprint density at radius 3 is 2.86 bits per heavy atom. The third kappa shape index (κ3) is 2.49. The number of ether oxygens (including phenoxy) is 3. The first-order valence-electron chi connectivity index (χ1n) is 6.52. The van der Waals surface area contributed by atoms with Crippen molar-refractivity contribution in [2.75, 3.05) is 25.6 Å². The van der Waals surface area contributed by atoms with Crippen LogP contribution in [0.25, 0.3) is 11.5 Å². The molecule has 1 aliphatic heterocycles. The van der Waals surface area contributed by atoms with Crippen LogP contribution in [-0.2, 0) is 4.74 Å². The van der Waals surface area contributed by atoms with Crippen molar-refractivity contribution in [2.45, 2.75) is 6.92 Å². The van der Waals surface area contributed by atoms with E-state index in [4.69, 9.17) is 24.4 Å². The summed E-state index contributed by atoms with van der Waals surface area (Å²) in [6.45, 7) is 2.95. The maximum atomic E-state index is 11.7. The number of nitrogens with two attached hydrogens (primary N) is 1. The van der Waals surface area contributed by atoms with Crippen LogP contribution < -0.4 is 15.2 Å². The van der Waals surface area contributed by atoms with Crippen molar-refractivity contribution in [1.82, 2.24) is 4.98 Å². The number of hydrogen-bond donors (Lipinski definition) is 1. The van der Waals surface area contributed by atoms with Gasteiger partial charge < -0.3 is 24.4 Å². The number of nitrogen functional groups attached to an aromatic ring is 1. The van der Waals surface area contributed by atoms with Gasteiger partial charge in [-0.2, -0.15) is 4.98 Å². The molecule has 0 saturated heterocycles. The first-order valence-corrected chi connectivity index (χ1v) is 6.52. The lowest BCUT2D eigenvalue weighted by molar-refractivity contribution is 0.0521. The van der Waals surface area contributed by atoms with Crippen LogP contribution in [0.5, 0.6) is 11.5 Å². The third-order valence-corrected chi connectivity index (χ3v) is 2.91. The van der Waals surface area contributed by atoms with Gasteiger partial charge in [0.25, 0.3) is 0 Å². The van der Waals surface area contributed by atoms with Crippen LogP contribution >= 0.6 is 0 Å². The molecule has 7 nitrogen and oxygen atoms in total. The summed E-state index contributed by atoms with van der Waals surface area (Å²) in [6.07, 6.45) is 0. The van der Waals surface area contributed by atoms with Gasteiger partial charge in [0.2, 0.25) is 17.5 Å². The van der Waals surface area contributed by atoms with Crippen molar-refractivity contribution >= 4 is 11.9 Å². The van der Waals surface area contributed by atoms with Crippen LogP contribution in [-0.4, -0.2) is 30.8 Å². The standard InChI is InChI=1S/C14H14N2O5/c1-2-18-14(17)11-12(15)21-13(16-11)8-3-4-9-10(7-8)20-6-5-19-9/h3-4,7H,2,5-6,15H2,1H3. The maximum Gasteiger partial charge on any atom is 0.362 e. The molecular weight excluding hydrogens is 276 g/mol. The molecule has 0 aliphatic carbocycles. The molecule has 7 heteroatoms. The number of aromatic nitrogens is 1. The van der Waals surface area contributed by atoms with Crippen LogP contribution in [0.1, 0.15) is 17.4 Å². The molecule has 2 heterocycles. The first kappa shape index (κ1) is 13.3. The fourth-order valence-electron chi connectivity index (χ4n) is 1.98. The number of nitrogens with zero attached hydrogens (tertiary/aromatic N) is 1. The molecule has 0 atom stereocenters. The number of esters is 1. The van der Waals surface area contributed by atoms with Gasteiger partial charge in [-0.3, -0.25) is 0 Å². The molecule has 110 valence electrons. The summed E-state index contributed by atoms with van der Waals surface area (Å²) in [6, 6.07) is 5.25. The number of carbonyl (C=O) groups is 1. The van der Waals surface area contributed by atoms with E-state index in [0.29, 0.717) is 30.3 Å². The Hall–Kier alpha value is -2.70. The molecular formula is C14H14N2O5. The van der Waals surface area contributed by atoms with Gasteiger partial charge in [0.05, 0.1) is 6.61 Å². The van der Waals surface area contributed by atoms with E-state index < -0.39 is 5.97 Å². The van der Waals surface area contributed by atoms with Gasteiger partial charge in [0.15, 0.2) is 11.5 Å². The molecule has 2 N–H and O–H groups in total. The minimum absolute atomic E-state index is 0.0262. The summed E-state index contributed by atoms with van der Waals surface area (Å²) < 4.78 is 21.1. The van der Waals surface area contributed by atoms with E-state index in [1.54, 1.807) is 25.1 Å². The van der Waals surface area contributed by atoms with Gasteiger partial charge >= 0.3 is 5.97 Å². The summed E-state index contributed by atoms with van der Waals surface area (Å²) in [7, 11) is 0. The minimum Gasteiger partial charge on any atom is -0.486 e. The quantitative estimate of drug-likeness (QED) is 0.862. The van der Waals surface area contributed by atoms with Crippen LogP contribution in [0.15, 0.2) is 22.6 Å². The molecule has 3 rings (SSSR count). The van der Waals surface area contributed by atoms with E-state index >= 15 is 0 Å². The second-order valence-electron chi connectivity index (χ2n) is 4.31. The second kappa shape index (κ2) is 5.35. The molecule has 0 saturated carbocycles. The Morgan fingerprint density at radius 1 is 1.33 bits per heavy atom. The Morgan fingerprint density at radius 2 is 2.10 bits per heavy atom.